The van der Waals surface area contributed by atoms with Gasteiger partial charge in [-0.15, -0.1) is 0 Å². The second kappa shape index (κ2) is 15.7. The van der Waals surface area contributed by atoms with Gasteiger partial charge in [0, 0.05) is 12.1 Å². The van der Waals surface area contributed by atoms with Gasteiger partial charge in [-0.05, 0) is 68.3 Å². The molecule has 0 radical (unpaired) electrons. The third-order valence-electron chi connectivity index (χ3n) is 5.42. The van der Waals surface area contributed by atoms with Gasteiger partial charge in [0.15, 0.2) is 5.96 Å². The van der Waals surface area contributed by atoms with Crippen LogP contribution in [0.3, 0.4) is 0 Å². The number of hydrogen-bond acceptors (Lipinski definition) is 8. The summed E-state index contributed by atoms with van der Waals surface area (Å²) in [4.78, 5) is 34.1. The number of ether oxygens (including phenoxy) is 1. The minimum absolute atomic E-state index is 0.0790. The molecule has 0 unspecified atom stereocenters. The topological polar surface area (TPSA) is 139 Å². The number of carbonyl (C=O) groups excluding carboxylic acids is 2. The molecule has 0 aromatic heterocycles. The van der Waals surface area contributed by atoms with E-state index in [-0.39, 0.29) is 41.4 Å². The van der Waals surface area contributed by atoms with E-state index in [1.54, 1.807) is 43.3 Å². The minimum atomic E-state index is -0.506. The maximum Gasteiger partial charge on any atom is 0.255 e. The quantitative estimate of drug-likeness (QED) is 0.314. The molecular weight excluding hydrogens is 543 g/mol. The van der Waals surface area contributed by atoms with Gasteiger partial charge in [-0.1, -0.05) is 40.5 Å². The van der Waals surface area contributed by atoms with Crippen LogP contribution in [0.1, 0.15) is 37.3 Å². The molecule has 0 spiro atoms. The third kappa shape index (κ3) is 10.2. The van der Waals surface area contributed by atoms with Crippen molar-refractivity contribution in [2.24, 2.45) is 15.9 Å². The van der Waals surface area contributed by atoms with E-state index in [4.69, 9.17) is 38.5 Å². The molecule has 208 valence electrons. The summed E-state index contributed by atoms with van der Waals surface area (Å²) in [5.74, 6) is -0.167. The molecule has 5 N–H and O–H groups in total. The number of amides is 2. The minimum Gasteiger partial charge on any atom is -0.490 e. The lowest BCUT2D eigenvalue weighted by molar-refractivity contribution is -0.117. The van der Waals surface area contributed by atoms with Gasteiger partial charge in [0.2, 0.25) is 5.91 Å². The Hall–Kier alpha value is -3.60. The van der Waals surface area contributed by atoms with Crippen molar-refractivity contribution in [3.63, 3.8) is 0 Å². The summed E-state index contributed by atoms with van der Waals surface area (Å²) in [6, 6.07) is 10.5. The predicted octanol–water partition coefficient (Wildman–Crippen LogP) is 4.01. The highest BCUT2D eigenvalue weighted by Crippen LogP contribution is 2.31. The fourth-order valence-corrected chi connectivity index (χ4v) is 4.16. The fourth-order valence-electron chi connectivity index (χ4n) is 3.53. The van der Waals surface area contributed by atoms with E-state index in [0.717, 1.165) is 12.8 Å². The van der Waals surface area contributed by atoms with Crippen molar-refractivity contribution in [2.45, 2.75) is 32.7 Å². The first-order valence-corrected chi connectivity index (χ1v) is 13.3. The predicted molar refractivity (Wildman–Crippen MR) is 155 cm³/mol. The second-order valence-corrected chi connectivity index (χ2v) is 9.30. The van der Waals surface area contributed by atoms with Crippen LogP contribution in [0.25, 0.3) is 0 Å². The number of anilines is 1. The molecule has 0 saturated carbocycles. The number of nitrogens with zero attached hydrogens (tertiary/aromatic N) is 2. The Labute approximate surface area is 237 Å². The molecule has 0 aliphatic carbocycles. The fraction of sp³-hybridized carbons (Fsp3) is 0.333. The standard InChI is InChI=1S/C27H32Cl2N6O4/c1-2-39-35-23-15-24(36)34-27(30)32-16-18-13-21(28)26(22(29)14-18)33-25(37)17-31-11-5-3-4-6-12-38-20-9-7-19(23)8-10-20/h4,6-10,13-14,31H,2-3,5,11-12,15-17H2,1H3,(H,33,37)(H3,30,32,34,36)/b6-4-,35-23?. The molecule has 2 aromatic rings. The molecule has 4 aliphatic heterocycles. The highest BCUT2D eigenvalue weighted by atomic mass is 35.5. The number of guanidine groups is 1. The van der Waals surface area contributed by atoms with Crippen LogP contribution in [-0.4, -0.2) is 49.8 Å². The number of allylic oxidation sites excluding steroid dienone is 1. The van der Waals surface area contributed by atoms with E-state index in [2.05, 4.69) is 26.1 Å². The van der Waals surface area contributed by atoms with Crippen LogP contribution in [0.2, 0.25) is 10.0 Å². The Morgan fingerprint density at radius 3 is 2.56 bits per heavy atom. The summed E-state index contributed by atoms with van der Waals surface area (Å²) in [6.45, 7) is 3.55. The van der Waals surface area contributed by atoms with Crippen molar-refractivity contribution in [3.05, 3.63) is 69.7 Å². The van der Waals surface area contributed by atoms with E-state index in [1.165, 1.54) is 0 Å². The normalized spacial score (nSPS) is 19.5. The zero-order valence-electron chi connectivity index (χ0n) is 21.6. The largest absolute Gasteiger partial charge is 0.490 e. The van der Waals surface area contributed by atoms with Crippen LogP contribution < -0.4 is 26.4 Å². The SMILES string of the molecule is CCON=C1CC(=O)/N=C(\N)NCc2cc(Cl)c(c(Cl)c2)NC(=O)CNCCC/C=C\COc2ccc1cc2. The number of rotatable bonds is 2. The number of halogens is 2. The monoisotopic (exact) mass is 574 g/mol. The second-order valence-electron chi connectivity index (χ2n) is 8.49. The first kappa shape index (κ1) is 29.9. The Kier molecular flexibility index (Phi) is 12.1. The Balaban J connectivity index is 1.78. The summed E-state index contributed by atoms with van der Waals surface area (Å²) in [5, 5.41) is 13.3. The Morgan fingerprint density at radius 2 is 1.85 bits per heavy atom. The third-order valence-corrected chi connectivity index (χ3v) is 6.01. The summed E-state index contributed by atoms with van der Waals surface area (Å²) in [6.07, 6.45) is 5.54. The van der Waals surface area contributed by atoms with Gasteiger partial charge in [0.05, 0.1) is 34.4 Å². The molecule has 0 fully saturated rings. The first-order valence-electron chi connectivity index (χ1n) is 12.5. The molecule has 4 heterocycles. The number of oxime groups is 1. The lowest BCUT2D eigenvalue weighted by Crippen LogP contribution is -2.32. The van der Waals surface area contributed by atoms with Crippen molar-refractivity contribution >= 4 is 52.4 Å². The Bertz CT molecular complexity index is 1210. The van der Waals surface area contributed by atoms with E-state index < -0.39 is 5.91 Å². The van der Waals surface area contributed by atoms with E-state index in [9.17, 15) is 9.59 Å². The summed E-state index contributed by atoms with van der Waals surface area (Å²) in [5.41, 5.74) is 8.05. The summed E-state index contributed by atoms with van der Waals surface area (Å²) >= 11 is 12.7. The van der Waals surface area contributed by atoms with Crippen molar-refractivity contribution in [1.29, 1.82) is 0 Å². The van der Waals surface area contributed by atoms with Crippen LogP contribution in [-0.2, 0) is 21.0 Å². The molecule has 0 saturated heterocycles. The van der Waals surface area contributed by atoms with Gasteiger partial charge >= 0.3 is 0 Å². The number of carbonyl (C=O) groups is 2. The van der Waals surface area contributed by atoms with E-state index in [1.807, 2.05) is 12.2 Å². The molecule has 10 nitrogen and oxygen atoms in total. The maximum atomic E-state index is 12.6. The average molecular weight is 575 g/mol. The summed E-state index contributed by atoms with van der Waals surface area (Å²) < 4.78 is 5.75. The smallest absolute Gasteiger partial charge is 0.255 e. The van der Waals surface area contributed by atoms with Crippen LogP contribution in [0, 0.1) is 0 Å². The van der Waals surface area contributed by atoms with Gasteiger partial charge in [0.25, 0.3) is 5.91 Å². The lowest BCUT2D eigenvalue weighted by atomic mass is 10.1. The highest BCUT2D eigenvalue weighted by Gasteiger charge is 2.14. The molecule has 4 aliphatic rings. The molecule has 2 aromatic carbocycles. The Morgan fingerprint density at radius 1 is 1.10 bits per heavy atom. The van der Waals surface area contributed by atoms with Gasteiger partial charge in [0.1, 0.15) is 19.0 Å². The van der Waals surface area contributed by atoms with Gasteiger partial charge in [-0.25, -0.2) is 0 Å². The van der Waals surface area contributed by atoms with Crippen molar-refractivity contribution in [3.8, 4) is 5.75 Å². The number of aliphatic imine (C=N–C) groups is 1. The van der Waals surface area contributed by atoms with Crippen molar-refractivity contribution in [2.75, 3.05) is 31.6 Å². The highest BCUT2D eigenvalue weighted by molar-refractivity contribution is 6.39. The molecule has 2 amide bonds. The zero-order chi connectivity index (χ0) is 28.0. The molecule has 0 atom stereocenters. The van der Waals surface area contributed by atoms with E-state index >= 15 is 0 Å². The van der Waals surface area contributed by atoms with Crippen LogP contribution in [0.5, 0.6) is 5.75 Å². The molecule has 12 heteroatoms. The van der Waals surface area contributed by atoms with Crippen LogP contribution >= 0.6 is 23.2 Å². The van der Waals surface area contributed by atoms with E-state index in [0.29, 0.717) is 48.0 Å². The molecular formula is C27H32Cl2N6O4. The van der Waals surface area contributed by atoms with Crippen LogP contribution in [0.15, 0.2) is 58.7 Å². The molecule has 4 bridgehead atoms. The number of nitrogens with two attached hydrogens (primary N) is 1. The number of benzene rings is 2. The number of hydrogen-bond donors (Lipinski definition) is 4. The van der Waals surface area contributed by atoms with Crippen molar-refractivity contribution < 1.29 is 19.2 Å². The zero-order valence-corrected chi connectivity index (χ0v) is 23.1. The van der Waals surface area contributed by atoms with Crippen molar-refractivity contribution in [1.82, 2.24) is 10.6 Å². The van der Waals surface area contributed by atoms with Crippen LogP contribution in [0.4, 0.5) is 5.69 Å². The van der Waals surface area contributed by atoms with Gasteiger partial charge in [-0.3, -0.25) is 9.59 Å². The lowest BCUT2D eigenvalue weighted by Gasteiger charge is -2.13. The van der Waals surface area contributed by atoms with Gasteiger partial charge in [-0.2, -0.15) is 4.99 Å². The summed E-state index contributed by atoms with van der Waals surface area (Å²) in [7, 11) is 0. The molecule has 6 rings (SSSR count). The average Bonchev–Trinajstić information content (AvgIpc) is 2.91. The first-order chi connectivity index (χ1) is 18.9. The molecule has 39 heavy (non-hydrogen) atoms. The number of nitrogens with one attached hydrogen (secondary N) is 3. The van der Waals surface area contributed by atoms with Gasteiger partial charge < -0.3 is 31.3 Å². The maximum absolute atomic E-state index is 12.6.